The predicted octanol–water partition coefficient (Wildman–Crippen LogP) is 4.35. The quantitative estimate of drug-likeness (QED) is 0.723. The van der Waals surface area contributed by atoms with Crippen molar-refractivity contribution in [2.45, 2.75) is 6.17 Å². The first-order chi connectivity index (χ1) is 14.2. The summed E-state index contributed by atoms with van der Waals surface area (Å²) in [5.74, 6) is 1.02. The largest absolute Gasteiger partial charge is 0.497 e. The van der Waals surface area contributed by atoms with E-state index in [0.29, 0.717) is 28.3 Å². The van der Waals surface area contributed by atoms with Gasteiger partial charge in [-0.1, -0.05) is 24.3 Å². The summed E-state index contributed by atoms with van der Waals surface area (Å²) >= 11 is 0. The third kappa shape index (κ3) is 3.23. The molecule has 6 nitrogen and oxygen atoms in total. The van der Waals surface area contributed by atoms with Gasteiger partial charge < -0.3 is 14.8 Å². The molecule has 0 fully saturated rings. The van der Waals surface area contributed by atoms with Crippen LogP contribution in [-0.4, -0.2) is 20.1 Å². The smallest absolute Gasteiger partial charge is 0.262 e. The van der Waals surface area contributed by atoms with Crippen LogP contribution in [0.2, 0.25) is 0 Å². The zero-order valence-corrected chi connectivity index (χ0v) is 16.0. The molecule has 3 aromatic rings. The van der Waals surface area contributed by atoms with Crippen molar-refractivity contribution in [2.24, 2.45) is 0 Å². The number of anilines is 2. The topological polar surface area (TPSA) is 74.6 Å². The number of hydrogen-bond donors (Lipinski definition) is 1. The lowest BCUT2D eigenvalue weighted by atomic mass is 10.0. The second-order valence-corrected chi connectivity index (χ2v) is 6.54. The van der Waals surface area contributed by atoms with Crippen molar-refractivity contribution in [1.29, 1.82) is 5.26 Å². The number of carbonyl (C=O) groups is 1. The van der Waals surface area contributed by atoms with Gasteiger partial charge in [0.25, 0.3) is 5.91 Å². The summed E-state index contributed by atoms with van der Waals surface area (Å²) in [5, 5.41) is 12.5. The highest BCUT2D eigenvalue weighted by Crippen LogP contribution is 2.41. The Hall–Kier alpha value is -3.98. The van der Waals surface area contributed by atoms with Crippen LogP contribution >= 0.6 is 0 Å². The van der Waals surface area contributed by atoms with Crippen molar-refractivity contribution in [1.82, 2.24) is 0 Å². The monoisotopic (exact) mass is 385 g/mol. The van der Waals surface area contributed by atoms with Crippen LogP contribution in [0.15, 0.2) is 66.7 Å². The number of methoxy groups -OCH3 is 2. The highest BCUT2D eigenvalue weighted by Gasteiger charge is 2.35. The van der Waals surface area contributed by atoms with Crippen LogP contribution in [-0.2, 0) is 0 Å². The highest BCUT2D eigenvalue weighted by atomic mass is 16.5. The van der Waals surface area contributed by atoms with Crippen LogP contribution in [0.5, 0.6) is 11.5 Å². The lowest BCUT2D eigenvalue weighted by molar-refractivity contribution is 0.0974. The number of benzene rings is 3. The summed E-state index contributed by atoms with van der Waals surface area (Å²) in [5.41, 5.74) is 3.37. The number of hydrogen-bond acceptors (Lipinski definition) is 5. The number of nitrogens with zero attached hydrogens (tertiary/aromatic N) is 2. The average molecular weight is 385 g/mol. The number of ether oxygens (including phenoxy) is 2. The maximum absolute atomic E-state index is 13.5. The third-order valence-corrected chi connectivity index (χ3v) is 4.93. The molecule has 0 bridgehead atoms. The first kappa shape index (κ1) is 18.4. The van der Waals surface area contributed by atoms with Crippen molar-refractivity contribution in [2.75, 3.05) is 24.4 Å². The molecule has 1 N–H and O–H groups in total. The lowest BCUT2D eigenvalue weighted by Gasteiger charge is -2.38. The fourth-order valence-corrected chi connectivity index (χ4v) is 3.46. The van der Waals surface area contributed by atoms with Gasteiger partial charge in [0.05, 0.1) is 37.1 Å². The lowest BCUT2D eigenvalue weighted by Crippen LogP contribution is -2.43. The molecule has 4 rings (SSSR count). The fraction of sp³-hybridized carbons (Fsp3) is 0.130. The first-order valence-corrected chi connectivity index (χ1v) is 9.07. The summed E-state index contributed by atoms with van der Waals surface area (Å²) in [6.07, 6.45) is -0.465. The molecule has 0 radical (unpaired) electrons. The van der Waals surface area contributed by atoms with Gasteiger partial charge in [-0.15, -0.1) is 0 Å². The van der Waals surface area contributed by atoms with Crippen LogP contribution in [0.25, 0.3) is 0 Å². The average Bonchev–Trinajstić information content (AvgIpc) is 2.79. The minimum atomic E-state index is -0.465. The van der Waals surface area contributed by atoms with E-state index >= 15 is 0 Å². The summed E-state index contributed by atoms with van der Waals surface area (Å²) in [7, 11) is 3.14. The van der Waals surface area contributed by atoms with E-state index in [1.165, 1.54) is 0 Å². The van der Waals surface area contributed by atoms with E-state index in [1.807, 2.05) is 36.4 Å². The molecular formula is C23H19N3O3. The summed E-state index contributed by atoms with van der Waals surface area (Å²) in [4.78, 5) is 15.2. The van der Waals surface area contributed by atoms with Crippen molar-refractivity contribution < 1.29 is 14.3 Å². The highest BCUT2D eigenvalue weighted by molar-refractivity contribution is 6.12. The van der Waals surface area contributed by atoms with Crippen molar-refractivity contribution in [3.8, 4) is 17.6 Å². The maximum atomic E-state index is 13.5. The number of fused-ring (bicyclic) bond motifs is 1. The van der Waals surface area contributed by atoms with Gasteiger partial charge in [0.2, 0.25) is 0 Å². The third-order valence-electron chi connectivity index (χ3n) is 4.93. The van der Waals surface area contributed by atoms with Crippen LogP contribution in [0.1, 0.15) is 27.7 Å². The molecule has 1 unspecified atom stereocenters. The molecule has 29 heavy (non-hydrogen) atoms. The van der Waals surface area contributed by atoms with Gasteiger partial charge in [-0.05, 0) is 42.0 Å². The molecule has 1 heterocycles. The number of carbonyl (C=O) groups excluding carboxylic acids is 1. The Morgan fingerprint density at radius 1 is 1.00 bits per heavy atom. The Labute approximate surface area is 168 Å². The van der Waals surface area contributed by atoms with Gasteiger partial charge >= 0.3 is 0 Å². The second kappa shape index (κ2) is 7.56. The van der Waals surface area contributed by atoms with Crippen LogP contribution in [0.4, 0.5) is 11.4 Å². The summed E-state index contributed by atoms with van der Waals surface area (Å²) in [6, 6.07) is 22.0. The van der Waals surface area contributed by atoms with Crippen molar-refractivity contribution in [3.63, 3.8) is 0 Å². The SMILES string of the molecule is COc1ccc(N2C(=O)c3ccccc3NC2c2ccc(C#N)cc2)c(OC)c1. The van der Waals surface area contributed by atoms with E-state index in [9.17, 15) is 4.79 Å². The molecule has 0 spiro atoms. The van der Waals surface area contributed by atoms with E-state index < -0.39 is 6.17 Å². The first-order valence-electron chi connectivity index (χ1n) is 9.07. The van der Waals surface area contributed by atoms with Crippen molar-refractivity contribution in [3.05, 3.63) is 83.4 Å². The number of nitriles is 1. The molecule has 0 aliphatic carbocycles. The van der Waals surface area contributed by atoms with Gasteiger partial charge in [-0.2, -0.15) is 5.26 Å². The number of nitrogens with one attached hydrogen (secondary N) is 1. The van der Waals surface area contributed by atoms with Crippen LogP contribution in [0, 0.1) is 11.3 Å². The van der Waals surface area contributed by atoms with Crippen molar-refractivity contribution >= 4 is 17.3 Å². The molecule has 0 saturated carbocycles. The van der Waals surface area contributed by atoms with E-state index in [-0.39, 0.29) is 5.91 Å². The second-order valence-electron chi connectivity index (χ2n) is 6.54. The molecule has 0 aromatic heterocycles. The number of para-hydroxylation sites is 1. The van der Waals surface area contributed by atoms with E-state index in [4.69, 9.17) is 14.7 Å². The Kier molecular flexibility index (Phi) is 4.80. The molecule has 1 amide bonds. The van der Waals surface area contributed by atoms with Gasteiger partial charge in [0.15, 0.2) is 0 Å². The minimum Gasteiger partial charge on any atom is -0.497 e. The predicted molar refractivity (Wildman–Crippen MR) is 110 cm³/mol. The fourth-order valence-electron chi connectivity index (χ4n) is 3.46. The Bertz CT molecular complexity index is 1100. The van der Waals surface area contributed by atoms with E-state index in [2.05, 4.69) is 11.4 Å². The zero-order valence-electron chi connectivity index (χ0n) is 16.0. The van der Waals surface area contributed by atoms with E-state index in [1.54, 1.807) is 49.5 Å². The molecule has 1 aliphatic heterocycles. The zero-order chi connectivity index (χ0) is 20.4. The minimum absolute atomic E-state index is 0.142. The molecule has 1 atom stereocenters. The Morgan fingerprint density at radius 2 is 1.76 bits per heavy atom. The Morgan fingerprint density at radius 3 is 2.45 bits per heavy atom. The molecule has 3 aromatic carbocycles. The number of amides is 1. The maximum Gasteiger partial charge on any atom is 0.262 e. The Balaban J connectivity index is 1.87. The summed E-state index contributed by atoms with van der Waals surface area (Å²) < 4.78 is 10.8. The molecule has 1 aliphatic rings. The molecule has 144 valence electrons. The molecular weight excluding hydrogens is 366 g/mol. The van der Waals surface area contributed by atoms with Gasteiger partial charge in [-0.25, -0.2) is 0 Å². The standard InChI is InChI=1S/C23H19N3O3/c1-28-17-11-12-20(21(13-17)29-2)26-22(16-9-7-15(14-24)8-10-16)25-19-6-4-3-5-18(19)23(26)27/h3-13,22,25H,1-2H3. The van der Waals surface area contributed by atoms with E-state index in [0.717, 1.165) is 11.3 Å². The summed E-state index contributed by atoms with van der Waals surface area (Å²) in [6.45, 7) is 0. The van der Waals surface area contributed by atoms with Gasteiger partial charge in [0, 0.05) is 11.8 Å². The van der Waals surface area contributed by atoms with Crippen LogP contribution in [0.3, 0.4) is 0 Å². The van der Waals surface area contributed by atoms with Crippen LogP contribution < -0.4 is 19.7 Å². The normalized spacial score (nSPS) is 15.1. The molecule has 0 saturated heterocycles. The van der Waals surface area contributed by atoms with Gasteiger partial charge in [-0.3, -0.25) is 9.69 Å². The molecule has 6 heteroatoms. The van der Waals surface area contributed by atoms with Gasteiger partial charge in [0.1, 0.15) is 17.7 Å². The number of rotatable bonds is 4.